The van der Waals surface area contributed by atoms with Gasteiger partial charge in [0, 0.05) is 12.6 Å². The first kappa shape index (κ1) is 33.3. The lowest BCUT2D eigenvalue weighted by molar-refractivity contribution is -0.158. The van der Waals surface area contributed by atoms with Gasteiger partial charge < -0.3 is 28.8 Å². The number of nitrogens with one attached hydrogen (secondary N) is 2. The number of ether oxygens (including phenoxy) is 5. The molecule has 0 heterocycles. The highest BCUT2D eigenvalue weighted by Gasteiger charge is 2.37. The molecule has 3 N–H and O–H groups in total. The number of hydrogen-bond donors (Lipinski definition) is 3. The van der Waals surface area contributed by atoms with Crippen LogP contribution in [0, 0.1) is 5.92 Å². The Morgan fingerprint density at radius 1 is 0.806 bits per heavy atom. The normalized spacial score (nSPS) is 13.8. The Balaban J connectivity index is 5.71. The summed E-state index contributed by atoms with van der Waals surface area (Å²) in [5.74, 6) is -4.97. The van der Waals surface area contributed by atoms with E-state index in [4.69, 9.17) is 24.1 Å². The van der Waals surface area contributed by atoms with Crippen LogP contribution in [0.3, 0.4) is 0 Å². The van der Waals surface area contributed by atoms with Crippen molar-refractivity contribution in [2.75, 3.05) is 26.2 Å². The molecule has 0 rings (SSSR count). The molecule has 0 aliphatic carbocycles. The first-order valence-corrected chi connectivity index (χ1v) is 13.3. The van der Waals surface area contributed by atoms with Gasteiger partial charge in [-0.25, -0.2) is 15.0 Å². The zero-order valence-electron chi connectivity index (χ0n) is 21.4. The van der Waals surface area contributed by atoms with Crippen LogP contribution in [0.1, 0.15) is 54.4 Å². The molecule has 208 valence electrons. The summed E-state index contributed by atoms with van der Waals surface area (Å²) >= 11 is 0. The molecule has 0 amide bonds. The van der Waals surface area contributed by atoms with E-state index in [1.807, 2.05) is 0 Å². The molecule has 0 saturated carbocycles. The van der Waals surface area contributed by atoms with Gasteiger partial charge in [-0.2, -0.15) is 0 Å². The highest BCUT2D eigenvalue weighted by molar-refractivity contribution is 7.60. The molecule has 0 aromatic carbocycles. The molecule has 1 unspecified atom stereocenters. The summed E-state index contributed by atoms with van der Waals surface area (Å²) < 4.78 is 37.9. The van der Waals surface area contributed by atoms with Crippen molar-refractivity contribution in [3.63, 3.8) is 0 Å². The van der Waals surface area contributed by atoms with Gasteiger partial charge in [0.1, 0.15) is 12.1 Å². The number of hydrogen-bond acceptors (Lipinski definition) is 11. The maximum absolute atomic E-state index is 13.8. The van der Waals surface area contributed by atoms with Crippen LogP contribution in [-0.4, -0.2) is 79.5 Å². The molecule has 3 atom stereocenters. The molecule has 0 aromatic rings. The van der Waals surface area contributed by atoms with E-state index in [0.29, 0.717) is 0 Å². The molecule has 15 heteroatoms. The predicted molar refractivity (Wildman–Crippen MR) is 125 cm³/mol. The Kier molecular flexibility index (Phi) is 15.6. The van der Waals surface area contributed by atoms with Gasteiger partial charge in [0.2, 0.25) is 14.2 Å². The molecule has 14 nitrogen and oxygen atoms in total. The van der Waals surface area contributed by atoms with Crippen LogP contribution in [0.4, 0.5) is 4.79 Å². The second-order valence-electron chi connectivity index (χ2n) is 7.90. The standard InChI is InChI=1S/C21H37N2O12P/c1-7-31-18(26)14(5)22-36(30,23-15(6)19(27)32-8-2)11-16(9-10-17(24)25)20(28)33-12-34-21(29)35-13(3)4/h13-16H,7-12H2,1-6H3,(H,24,25)(H2,22,23,30)/t14-,15-,16?/m0/s1. The van der Waals surface area contributed by atoms with E-state index in [2.05, 4.69) is 14.9 Å². The Morgan fingerprint density at radius 3 is 1.72 bits per heavy atom. The molecule has 0 radical (unpaired) electrons. The number of carboxylic acid groups (broad SMARTS) is 1. The number of carboxylic acids is 1. The first-order valence-electron chi connectivity index (χ1n) is 11.4. The molecule has 0 aliphatic rings. The van der Waals surface area contributed by atoms with E-state index >= 15 is 0 Å². The third-order valence-electron chi connectivity index (χ3n) is 4.31. The molecule has 0 aromatic heterocycles. The van der Waals surface area contributed by atoms with E-state index in [-0.39, 0.29) is 19.6 Å². The van der Waals surface area contributed by atoms with Crippen molar-refractivity contribution in [1.29, 1.82) is 0 Å². The fraction of sp³-hybridized carbons (Fsp3) is 0.762. The third kappa shape index (κ3) is 14.0. The number of rotatable bonds is 17. The zero-order valence-corrected chi connectivity index (χ0v) is 22.3. The SMILES string of the molecule is CCOC(=O)[C@H](C)NP(=O)(CC(CCC(=O)O)C(=O)OCOC(=O)OC(C)C)N[C@@H](C)C(=O)OCC. The van der Waals surface area contributed by atoms with Crippen LogP contribution in [-0.2, 0) is 47.4 Å². The minimum Gasteiger partial charge on any atom is -0.481 e. The van der Waals surface area contributed by atoms with Gasteiger partial charge in [0.05, 0.1) is 25.2 Å². The highest BCUT2D eigenvalue weighted by atomic mass is 31.2. The van der Waals surface area contributed by atoms with Gasteiger partial charge in [-0.3, -0.25) is 23.7 Å². The van der Waals surface area contributed by atoms with Crippen LogP contribution in [0.5, 0.6) is 0 Å². The Labute approximate surface area is 210 Å². The number of aliphatic carboxylic acids is 1. The minimum absolute atomic E-state index is 0.0641. The largest absolute Gasteiger partial charge is 0.511 e. The quantitative estimate of drug-likeness (QED) is 0.105. The average Bonchev–Trinajstić information content (AvgIpc) is 2.75. The molecular weight excluding hydrogens is 503 g/mol. The molecule has 0 bridgehead atoms. The highest BCUT2D eigenvalue weighted by Crippen LogP contribution is 2.41. The van der Waals surface area contributed by atoms with Crippen molar-refractivity contribution in [2.24, 2.45) is 5.92 Å². The maximum atomic E-state index is 13.8. The topological polar surface area (TPSA) is 193 Å². The molecule has 0 spiro atoms. The van der Waals surface area contributed by atoms with Crippen molar-refractivity contribution >= 4 is 37.5 Å². The van der Waals surface area contributed by atoms with E-state index in [1.165, 1.54) is 13.8 Å². The van der Waals surface area contributed by atoms with Gasteiger partial charge in [-0.05, 0) is 48.0 Å². The van der Waals surface area contributed by atoms with Gasteiger partial charge in [-0.1, -0.05) is 0 Å². The van der Waals surface area contributed by atoms with Crippen molar-refractivity contribution in [1.82, 2.24) is 10.2 Å². The van der Waals surface area contributed by atoms with Gasteiger partial charge in [0.15, 0.2) is 0 Å². The number of esters is 3. The van der Waals surface area contributed by atoms with E-state index in [1.54, 1.807) is 27.7 Å². The Hall–Kier alpha value is -2.70. The van der Waals surface area contributed by atoms with E-state index < -0.39 is 81.0 Å². The van der Waals surface area contributed by atoms with Crippen molar-refractivity contribution in [3.05, 3.63) is 0 Å². The minimum atomic E-state index is -3.95. The number of carbonyl (C=O) groups excluding carboxylic acids is 4. The van der Waals surface area contributed by atoms with Gasteiger partial charge in [-0.15, -0.1) is 0 Å². The maximum Gasteiger partial charge on any atom is 0.511 e. The fourth-order valence-corrected chi connectivity index (χ4v) is 5.48. The molecule has 0 saturated heterocycles. The van der Waals surface area contributed by atoms with Crippen LogP contribution in [0.25, 0.3) is 0 Å². The van der Waals surface area contributed by atoms with Crippen molar-refractivity contribution in [2.45, 2.75) is 72.6 Å². The van der Waals surface area contributed by atoms with Crippen molar-refractivity contribution in [3.8, 4) is 0 Å². The molecule has 36 heavy (non-hydrogen) atoms. The van der Waals surface area contributed by atoms with Crippen molar-refractivity contribution < 1.29 is 57.3 Å². The summed E-state index contributed by atoms with van der Waals surface area (Å²) in [6.07, 6.45) is -2.86. The van der Waals surface area contributed by atoms with Gasteiger partial charge in [0.25, 0.3) is 0 Å². The lowest BCUT2D eigenvalue weighted by atomic mass is 10.1. The third-order valence-corrected chi connectivity index (χ3v) is 6.88. The summed E-state index contributed by atoms with van der Waals surface area (Å²) in [6.45, 7) is 8.40. The van der Waals surface area contributed by atoms with Crippen LogP contribution >= 0.6 is 7.44 Å². The molecule has 0 fully saturated rings. The van der Waals surface area contributed by atoms with Crippen LogP contribution in [0.2, 0.25) is 0 Å². The average molecular weight is 541 g/mol. The second-order valence-corrected chi connectivity index (χ2v) is 10.3. The summed E-state index contributed by atoms with van der Waals surface area (Å²) in [5, 5.41) is 14.2. The molecule has 0 aliphatic heterocycles. The number of carbonyl (C=O) groups is 5. The van der Waals surface area contributed by atoms with Crippen LogP contribution in [0.15, 0.2) is 0 Å². The smallest absolute Gasteiger partial charge is 0.481 e. The monoisotopic (exact) mass is 540 g/mol. The fourth-order valence-electron chi connectivity index (χ4n) is 2.78. The predicted octanol–water partition coefficient (Wildman–Crippen LogP) is 1.81. The Morgan fingerprint density at radius 2 is 1.31 bits per heavy atom. The second kappa shape index (κ2) is 16.9. The summed E-state index contributed by atoms with van der Waals surface area (Å²) in [5.41, 5.74) is 0. The lowest BCUT2D eigenvalue weighted by Crippen LogP contribution is -2.44. The van der Waals surface area contributed by atoms with Gasteiger partial charge >= 0.3 is 30.0 Å². The van der Waals surface area contributed by atoms with E-state index in [0.717, 1.165) is 0 Å². The summed E-state index contributed by atoms with van der Waals surface area (Å²) in [4.78, 5) is 59.5. The van der Waals surface area contributed by atoms with Crippen LogP contribution < -0.4 is 10.2 Å². The molecular formula is C21H37N2O12P. The Bertz CT molecular complexity index is 774. The summed E-state index contributed by atoms with van der Waals surface area (Å²) in [6, 6.07) is -2.22. The lowest BCUT2D eigenvalue weighted by Gasteiger charge is -2.28. The first-order chi connectivity index (χ1) is 16.7. The zero-order chi connectivity index (χ0) is 27.9. The summed E-state index contributed by atoms with van der Waals surface area (Å²) in [7, 11) is -3.95. The van der Waals surface area contributed by atoms with E-state index in [9.17, 15) is 28.5 Å².